The molecule has 0 aromatic heterocycles. The summed E-state index contributed by atoms with van der Waals surface area (Å²) >= 11 is 3.38. The Bertz CT molecular complexity index is 372. The highest BCUT2D eigenvalue weighted by atomic mass is 79.9. The molecule has 2 nitrogen and oxygen atoms in total. The van der Waals surface area contributed by atoms with Crippen molar-refractivity contribution in [2.24, 2.45) is 0 Å². The van der Waals surface area contributed by atoms with Gasteiger partial charge in [0.2, 0.25) is 0 Å². The average molecular weight is 271 g/mol. The van der Waals surface area contributed by atoms with Gasteiger partial charge in [-0.25, -0.2) is 4.79 Å². The number of carboxylic acid groups (broad SMARTS) is 1. The Morgan fingerprint density at radius 2 is 2.13 bits per heavy atom. The first kappa shape index (κ1) is 12.2. The lowest BCUT2D eigenvalue weighted by molar-refractivity contribution is 0.0695. The zero-order chi connectivity index (χ0) is 11.4. The molecular weight excluding hydrogens is 256 g/mol. The molecule has 0 saturated heterocycles. The number of carbonyl (C=O) groups is 1. The van der Waals surface area contributed by atoms with Gasteiger partial charge in [-0.15, -0.1) is 0 Å². The smallest absolute Gasteiger partial charge is 0.336 e. The van der Waals surface area contributed by atoms with Gasteiger partial charge in [0.25, 0.3) is 0 Å². The van der Waals surface area contributed by atoms with Crippen molar-refractivity contribution in [1.29, 1.82) is 0 Å². The molecule has 0 fully saturated rings. The standard InChI is InChI=1S/C12H15BrO2/c1-3-4-5-9-8(2)6-7-10(11(9)13)12(14)15/h6-7H,3-5H2,1-2H3,(H,14,15). The normalized spacial score (nSPS) is 10.3. The highest BCUT2D eigenvalue weighted by Gasteiger charge is 2.13. The van der Waals surface area contributed by atoms with Gasteiger partial charge < -0.3 is 5.11 Å². The van der Waals surface area contributed by atoms with Crippen molar-refractivity contribution in [2.45, 2.75) is 33.1 Å². The molecule has 0 heterocycles. The van der Waals surface area contributed by atoms with Crippen LogP contribution in [0.15, 0.2) is 16.6 Å². The van der Waals surface area contributed by atoms with E-state index in [0.717, 1.165) is 34.9 Å². The van der Waals surface area contributed by atoms with Crippen LogP contribution in [0.25, 0.3) is 0 Å². The number of hydrogen-bond acceptors (Lipinski definition) is 1. The summed E-state index contributed by atoms with van der Waals surface area (Å²) in [6, 6.07) is 3.52. The molecule has 1 rings (SSSR count). The number of rotatable bonds is 4. The molecule has 0 bridgehead atoms. The first-order valence-electron chi connectivity index (χ1n) is 5.09. The molecule has 0 amide bonds. The second-order valence-corrected chi connectivity index (χ2v) is 4.42. The molecule has 1 N–H and O–H groups in total. The summed E-state index contributed by atoms with van der Waals surface area (Å²) in [6.45, 7) is 4.14. The predicted molar refractivity (Wildman–Crippen MR) is 64.5 cm³/mol. The molecule has 0 radical (unpaired) electrons. The van der Waals surface area contributed by atoms with Crippen LogP contribution in [0, 0.1) is 6.92 Å². The second-order valence-electron chi connectivity index (χ2n) is 3.63. The van der Waals surface area contributed by atoms with Gasteiger partial charge in [0, 0.05) is 4.47 Å². The molecule has 0 aliphatic carbocycles. The molecule has 82 valence electrons. The van der Waals surface area contributed by atoms with Crippen LogP contribution in [0.2, 0.25) is 0 Å². The Labute approximate surface area is 98.4 Å². The lowest BCUT2D eigenvalue weighted by Crippen LogP contribution is -2.02. The number of halogens is 1. The van der Waals surface area contributed by atoms with Crippen LogP contribution < -0.4 is 0 Å². The Balaban J connectivity index is 3.12. The summed E-state index contributed by atoms with van der Waals surface area (Å²) in [7, 11) is 0. The Kier molecular flexibility index (Phi) is 4.33. The zero-order valence-electron chi connectivity index (χ0n) is 9.01. The number of aromatic carboxylic acids is 1. The minimum Gasteiger partial charge on any atom is -0.478 e. The minimum atomic E-state index is -0.875. The molecule has 0 atom stereocenters. The van der Waals surface area contributed by atoms with Gasteiger partial charge >= 0.3 is 5.97 Å². The Morgan fingerprint density at radius 3 is 2.67 bits per heavy atom. The van der Waals surface area contributed by atoms with Gasteiger partial charge in [-0.05, 0) is 52.9 Å². The van der Waals surface area contributed by atoms with Gasteiger partial charge in [0.15, 0.2) is 0 Å². The fraction of sp³-hybridized carbons (Fsp3) is 0.417. The van der Waals surface area contributed by atoms with Crippen molar-refractivity contribution < 1.29 is 9.90 Å². The summed E-state index contributed by atoms with van der Waals surface area (Å²) in [5.41, 5.74) is 2.63. The van der Waals surface area contributed by atoms with Crippen LogP contribution in [-0.2, 0) is 6.42 Å². The molecule has 1 aromatic carbocycles. The van der Waals surface area contributed by atoms with E-state index in [4.69, 9.17) is 5.11 Å². The average Bonchev–Trinajstić information content (AvgIpc) is 2.17. The van der Waals surface area contributed by atoms with E-state index in [1.54, 1.807) is 6.07 Å². The first-order chi connectivity index (χ1) is 7.07. The van der Waals surface area contributed by atoms with E-state index in [-0.39, 0.29) is 0 Å². The monoisotopic (exact) mass is 270 g/mol. The van der Waals surface area contributed by atoms with Crippen molar-refractivity contribution >= 4 is 21.9 Å². The van der Waals surface area contributed by atoms with E-state index in [0.29, 0.717) is 5.56 Å². The Morgan fingerprint density at radius 1 is 1.47 bits per heavy atom. The van der Waals surface area contributed by atoms with Gasteiger partial charge in [-0.1, -0.05) is 19.4 Å². The number of carboxylic acids is 1. The molecule has 0 unspecified atom stereocenters. The number of unbranched alkanes of at least 4 members (excludes halogenated alkanes) is 1. The molecular formula is C12H15BrO2. The van der Waals surface area contributed by atoms with E-state index in [1.165, 1.54) is 0 Å². The highest BCUT2D eigenvalue weighted by Crippen LogP contribution is 2.26. The van der Waals surface area contributed by atoms with E-state index in [2.05, 4.69) is 22.9 Å². The highest BCUT2D eigenvalue weighted by molar-refractivity contribution is 9.10. The van der Waals surface area contributed by atoms with E-state index < -0.39 is 5.97 Å². The molecule has 3 heteroatoms. The fourth-order valence-corrected chi connectivity index (χ4v) is 2.36. The number of hydrogen-bond donors (Lipinski definition) is 1. The third kappa shape index (κ3) is 2.81. The van der Waals surface area contributed by atoms with Crippen LogP contribution in [-0.4, -0.2) is 11.1 Å². The number of aryl methyl sites for hydroxylation is 1. The molecule has 0 saturated carbocycles. The maximum atomic E-state index is 10.9. The van der Waals surface area contributed by atoms with E-state index in [9.17, 15) is 4.79 Å². The van der Waals surface area contributed by atoms with Crippen molar-refractivity contribution in [3.63, 3.8) is 0 Å². The van der Waals surface area contributed by atoms with Gasteiger partial charge in [0.1, 0.15) is 0 Å². The summed E-state index contributed by atoms with van der Waals surface area (Å²) in [6.07, 6.45) is 3.13. The van der Waals surface area contributed by atoms with Gasteiger partial charge in [-0.3, -0.25) is 0 Å². The maximum Gasteiger partial charge on any atom is 0.336 e. The van der Waals surface area contributed by atoms with Crippen LogP contribution in [0.3, 0.4) is 0 Å². The van der Waals surface area contributed by atoms with Crippen molar-refractivity contribution in [3.8, 4) is 0 Å². The largest absolute Gasteiger partial charge is 0.478 e. The zero-order valence-corrected chi connectivity index (χ0v) is 10.6. The predicted octanol–water partition coefficient (Wildman–Crippen LogP) is 3.80. The van der Waals surface area contributed by atoms with Gasteiger partial charge in [0.05, 0.1) is 5.56 Å². The summed E-state index contributed by atoms with van der Waals surface area (Å²) < 4.78 is 0.739. The van der Waals surface area contributed by atoms with Gasteiger partial charge in [-0.2, -0.15) is 0 Å². The van der Waals surface area contributed by atoms with Crippen LogP contribution in [0.1, 0.15) is 41.3 Å². The quantitative estimate of drug-likeness (QED) is 0.904. The molecule has 0 spiro atoms. The van der Waals surface area contributed by atoms with Crippen LogP contribution in [0.5, 0.6) is 0 Å². The third-order valence-electron chi connectivity index (χ3n) is 2.49. The third-order valence-corrected chi connectivity index (χ3v) is 3.39. The SMILES string of the molecule is CCCCc1c(C)ccc(C(=O)O)c1Br. The number of benzene rings is 1. The second kappa shape index (κ2) is 5.31. The molecule has 1 aromatic rings. The van der Waals surface area contributed by atoms with Crippen LogP contribution in [0.4, 0.5) is 0 Å². The minimum absolute atomic E-state index is 0.353. The van der Waals surface area contributed by atoms with Crippen LogP contribution >= 0.6 is 15.9 Å². The molecule has 0 aliphatic rings. The van der Waals surface area contributed by atoms with Crippen molar-refractivity contribution in [2.75, 3.05) is 0 Å². The topological polar surface area (TPSA) is 37.3 Å². The maximum absolute atomic E-state index is 10.9. The van der Waals surface area contributed by atoms with Crippen molar-refractivity contribution in [3.05, 3.63) is 33.3 Å². The lowest BCUT2D eigenvalue weighted by Gasteiger charge is -2.10. The first-order valence-corrected chi connectivity index (χ1v) is 5.88. The van der Waals surface area contributed by atoms with E-state index in [1.807, 2.05) is 13.0 Å². The van der Waals surface area contributed by atoms with Crippen molar-refractivity contribution in [1.82, 2.24) is 0 Å². The summed E-state index contributed by atoms with van der Waals surface area (Å²) in [5.74, 6) is -0.875. The fourth-order valence-electron chi connectivity index (χ4n) is 1.54. The van der Waals surface area contributed by atoms with E-state index >= 15 is 0 Å². The lowest BCUT2D eigenvalue weighted by atomic mass is 10.0. The summed E-state index contributed by atoms with van der Waals surface area (Å²) in [4.78, 5) is 10.9. The summed E-state index contributed by atoms with van der Waals surface area (Å²) in [5, 5.41) is 8.98. The molecule has 0 aliphatic heterocycles. The molecule has 15 heavy (non-hydrogen) atoms. The Hall–Kier alpha value is -0.830.